The maximum atomic E-state index is 11.6. The Morgan fingerprint density at radius 2 is 1.97 bits per heavy atom. The fourth-order valence-corrected chi connectivity index (χ4v) is 5.37. The maximum absolute atomic E-state index is 11.6. The Labute approximate surface area is 212 Å². The number of aliphatic hydroxyl groups is 1. The summed E-state index contributed by atoms with van der Waals surface area (Å²) in [6.07, 6.45) is 4.73. The topological polar surface area (TPSA) is 138 Å². The molecule has 188 valence electrons. The van der Waals surface area contributed by atoms with Crippen LogP contribution in [0.25, 0.3) is 21.5 Å². The molecule has 1 fully saturated rings. The highest BCUT2D eigenvalue weighted by Gasteiger charge is 2.20. The molecule has 2 aromatic heterocycles. The number of hydrogen-bond donors (Lipinski definition) is 4. The van der Waals surface area contributed by atoms with Gasteiger partial charge in [0, 0.05) is 28.7 Å². The molecular weight excluding hydrogens is 500 g/mol. The summed E-state index contributed by atoms with van der Waals surface area (Å²) in [5, 5.41) is 19.4. The Morgan fingerprint density at radius 3 is 2.72 bits per heavy atom. The number of benzene rings is 2. The number of nitrogens with one attached hydrogen (secondary N) is 3. The van der Waals surface area contributed by atoms with Crippen molar-refractivity contribution in [1.29, 1.82) is 0 Å². The van der Waals surface area contributed by atoms with E-state index in [0.717, 1.165) is 48.1 Å². The summed E-state index contributed by atoms with van der Waals surface area (Å²) in [5.74, 6) is 1.06. The SMILES string of the molecule is CS(=O)(=O)Nc1cccc(Nc2ncc3cc(-c4nc(CO)cs4)c(OC4CCNCC4)cc3n2)c1. The average Bonchev–Trinajstić information content (AvgIpc) is 3.33. The molecular formula is C24H26N6O4S2. The summed E-state index contributed by atoms with van der Waals surface area (Å²) >= 11 is 1.46. The van der Waals surface area contributed by atoms with Gasteiger partial charge in [-0.25, -0.2) is 23.4 Å². The summed E-state index contributed by atoms with van der Waals surface area (Å²) in [5.41, 5.74) is 3.24. The first-order valence-corrected chi connectivity index (χ1v) is 14.2. The van der Waals surface area contributed by atoms with Crippen molar-refractivity contribution in [2.75, 3.05) is 29.4 Å². The van der Waals surface area contributed by atoms with Crippen molar-refractivity contribution in [1.82, 2.24) is 20.3 Å². The largest absolute Gasteiger partial charge is 0.490 e. The van der Waals surface area contributed by atoms with Crippen LogP contribution in [0, 0.1) is 0 Å². The van der Waals surface area contributed by atoms with E-state index in [1.54, 1.807) is 30.5 Å². The molecule has 1 aliphatic heterocycles. The number of aromatic nitrogens is 3. The highest BCUT2D eigenvalue weighted by molar-refractivity contribution is 7.92. The van der Waals surface area contributed by atoms with Crippen LogP contribution in [0.5, 0.6) is 5.75 Å². The monoisotopic (exact) mass is 526 g/mol. The molecule has 36 heavy (non-hydrogen) atoms. The zero-order valence-corrected chi connectivity index (χ0v) is 21.2. The lowest BCUT2D eigenvalue weighted by molar-refractivity contribution is 0.163. The molecule has 10 nitrogen and oxygen atoms in total. The third-order valence-corrected chi connectivity index (χ3v) is 7.16. The van der Waals surface area contributed by atoms with Gasteiger partial charge in [0.1, 0.15) is 16.9 Å². The quantitative estimate of drug-likeness (QED) is 0.272. The number of piperidine rings is 1. The van der Waals surface area contributed by atoms with Gasteiger partial charge in [-0.15, -0.1) is 11.3 Å². The lowest BCUT2D eigenvalue weighted by Gasteiger charge is -2.25. The standard InChI is InChI=1S/C24H26N6O4S2/c1-36(32,33)30-17-4-2-3-16(10-17)28-24-26-12-15-9-20(23-27-18(13-31)14-35-23)22(11-21(15)29-24)34-19-5-7-25-8-6-19/h2-4,9-12,14,19,25,30-31H,5-8,13H2,1H3,(H,26,28,29). The second-order valence-corrected chi connectivity index (χ2v) is 11.2. The average molecular weight is 527 g/mol. The summed E-state index contributed by atoms with van der Waals surface area (Å²) in [4.78, 5) is 13.7. The highest BCUT2D eigenvalue weighted by Crippen LogP contribution is 2.37. The van der Waals surface area contributed by atoms with Crippen molar-refractivity contribution in [2.45, 2.75) is 25.6 Å². The normalized spacial score (nSPS) is 14.6. The molecule has 0 radical (unpaired) electrons. The third kappa shape index (κ3) is 5.90. The van der Waals surface area contributed by atoms with Crippen molar-refractivity contribution < 1.29 is 18.3 Å². The molecule has 0 saturated carbocycles. The fourth-order valence-electron chi connectivity index (χ4n) is 3.98. The number of sulfonamides is 1. The molecule has 1 saturated heterocycles. The lowest BCUT2D eigenvalue weighted by Crippen LogP contribution is -2.34. The second kappa shape index (κ2) is 10.3. The molecule has 1 aliphatic rings. The maximum Gasteiger partial charge on any atom is 0.229 e. The van der Waals surface area contributed by atoms with Gasteiger partial charge in [0.05, 0.1) is 35.3 Å². The van der Waals surface area contributed by atoms with Crippen molar-refractivity contribution in [3.63, 3.8) is 0 Å². The zero-order valence-electron chi connectivity index (χ0n) is 19.6. The van der Waals surface area contributed by atoms with Gasteiger partial charge in [-0.3, -0.25) is 4.72 Å². The Kier molecular flexibility index (Phi) is 7.01. The van der Waals surface area contributed by atoms with Crippen LogP contribution in [0.4, 0.5) is 17.3 Å². The predicted octanol–water partition coefficient (Wildman–Crippen LogP) is 3.49. The van der Waals surface area contributed by atoms with E-state index >= 15 is 0 Å². The number of anilines is 3. The van der Waals surface area contributed by atoms with Crippen molar-refractivity contribution in [2.24, 2.45) is 0 Å². The minimum atomic E-state index is -3.39. The smallest absolute Gasteiger partial charge is 0.229 e. The number of thiazole rings is 1. The minimum Gasteiger partial charge on any atom is -0.490 e. The number of fused-ring (bicyclic) bond motifs is 1. The molecule has 0 aliphatic carbocycles. The van der Waals surface area contributed by atoms with Gasteiger partial charge in [-0.2, -0.15) is 0 Å². The van der Waals surface area contributed by atoms with E-state index in [0.29, 0.717) is 34.3 Å². The van der Waals surface area contributed by atoms with Gasteiger partial charge in [-0.05, 0) is 50.2 Å². The van der Waals surface area contributed by atoms with Crippen LogP contribution in [0.15, 0.2) is 48.0 Å². The Hall–Kier alpha value is -3.32. The molecule has 4 N–H and O–H groups in total. The van der Waals surface area contributed by atoms with E-state index in [4.69, 9.17) is 4.74 Å². The van der Waals surface area contributed by atoms with Gasteiger partial charge in [-0.1, -0.05) is 6.07 Å². The molecule has 5 rings (SSSR count). The molecule has 0 amide bonds. The van der Waals surface area contributed by atoms with Gasteiger partial charge in [0.2, 0.25) is 16.0 Å². The van der Waals surface area contributed by atoms with E-state index in [1.165, 1.54) is 11.3 Å². The first kappa shape index (κ1) is 24.4. The van der Waals surface area contributed by atoms with Crippen molar-refractivity contribution >= 4 is 49.6 Å². The van der Waals surface area contributed by atoms with Crippen LogP contribution in [-0.4, -0.2) is 53.9 Å². The zero-order chi connectivity index (χ0) is 25.1. The van der Waals surface area contributed by atoms with Crippen molar-refractivity contribution in [3.8, 4) is 16.3 Å². The minimum absolute atomic E-state index is 0.0873. The first-order chi connectivity index (χ1) is 17.4. The molecule has 0 atom stereocenters. The number of ether oxygens (including phenoxy) is 1. The van der Waals surface area contributed by atoms with E-state index in [9.17, 15) is 13.5 Å². The van der Waals surface area contributed by atoms with Gasteiger partial charge >= 0.3 is 0 Å². The first-order valence-electron chi connectivity index (χ1n) is 11.4. The number of aliphatic hydroxyl groups excluding tert-OH is 1. The van der Waals surface area contributed by atoms with Crippen LogP contribution in [0.1, 0.15) is 18.5 Å². The highest BCUT2D eigenvalue weighted by atomic mass is 32.2. The van der Waals surface area contributed by atoms with Crippen LogP contribution in [-0.2, 0) is 16.6 Å². The van der Waals surface area contributed by atoms with Crippen LogP contribution in [0.3, 0.4) is 0 Å². The molecule has 0 spiro atoms. The van der Waals surface area contributed by atoms with Crippen molar-refractivity contribution in [3.05, 3.63) is 53.7 Å². The summed E-state index contributed by atoms with van der Waals surface area (Å²) in [6.45, 7) is 1.69. The molecule has 4 aromatic rings. The Morgan fingerprint density at radius 1 is 1.17 bits per heavy atom. The van der Waals surface area contributed by atoms with E-state index in [2.05, 4.69) is 30.3 Å². The predicted molar refractivity (Wildman–Crippen MR) is 141 cm³/mol. The number of hydrogen-bond acceptors (Lipinski definition) is 10. The molecule has 0 bridgehead atoms. The van der Waals surface area contributed by atoms with Gasteiger partial charge < -0.3 is 20.5 Å². The fraction of sp³-hybridized carbons (Fsp3) is 0.292. The summed E-state index contributed by atoms with van der Waals surface area (Å²) in [7, 11) is -3.39. The second-order valence-electron chi connectivity index (χ2n) is 8.55. The van der Waals surface area contributed by atoms with Crippen LogP contribution >= 0.6 is 11.3 Å². The van der Waals surface area contributed by atoms with E-state index < -0.39 is 10.0 Å². The Bertz CT molecular complexity index is 1490. The molecule has 12 heteroatoms. The van der Waals surface area contributed by atoms with E-state index in [-0.39, 0.29) is 12.7 Å². The van der Waals surface area contributed by atoms with E-state index in [1.807, 2.05) is 17.5 Å². The van der Waals surface area contributed by atoms with Crippen LogP contribution in [0.2, 0.25) is 0 Å². The Balaban J connectivity index is 1.48. The summed E-state index contributed by atoms with van der Waals surface area (Å²) in [6, 6.07) is 10.7. The van der Waals surface area contributed by atoms with Crippen LogP contribution < -0.4 is 20.1 Å². The molecule has 2 aromatic carbocycles. The number of nitrogens with zero attached hydrogens (tertiary/aromatic N) is 3. The number of rotatable bonds is 8. The third-order valence-electron chi connectivity index (χ3n) is 5.63. The van der Waals surface area contributed by atoms with Gasteiger partial charge in [0.25, 0.3) is 0 Å². The van der Waals surface area contributed by atoms with Gasteiger partial charge in [0.15, 0.2) is 0 Å². The lowest BCUT2D eigenvalue weighted by atomic mass is 10.1. The summed E-state index contributed by atoms with van der Waals surface area (Å²) < 4.78 is 32.0. The molecule has 0 unspecified atom stereocenters. The molecule has 3 heterocycles.